The van der Waals surface area contributed by atoms with Gasteiger partial charge in [0.15, 0.2) is 4.30 Å². The van der Waals surface area contributed by atoms with Crippen LogP contribution < -0.4 is 0 Å². The van der Waals surface area contributed by atoms with Gasteiger partial charge in [-0.05, 0) is 83.5 Å². The van der Waals surface area contributed by atoms with Gasteiger partial charge >= 0.3 is 0 Å². The molecule has 0 saturated carbocycles. The number of nitrogens with zero attached hydrogens (tertiary/aromatic N) is 3. The Morgan fingerprint density at radius 1 is 0.462 bits per heavy atom. The van der Waals surface area contributed by atoms with Crippen LogP contribution in [0.2, 0.25) is 0 Å². The van der Waals surface area contributed by atoms with Gasteiger partial charge in [-0.3, -0.25) is 0 Å². The molecular weight excluding hydrogens is 703 g/mol. The van der Waals surface area contributed by atoms with Crippen molar-refractivity contribution >= 4 is 81.2 Å². The number of rotatable bonds is 4. The van der Waals surface area contributed by atoms with E-state index in [0.717, 1.165) is 83.9 Å². The van der Waals surface area contributed by atoms with Crippen LogP contribution in [0.5, 0.6) is 0 Å². The van der Waals surface area contributed by atoms with Gasteiger partial charge in [0, 0.05) is 33.4 Å². The lowest BCUT2D eigenvalue weighted by Crippen LogP contribution is -1.97. The smallest absolute Gasteiger partial charge is 0.180 e. The largest absolute Gasteiger partial charge is 0.355 e. The summed E-state index contributed by atoms with van der Waals surface area (Å²) in [6.45, 7) is 0. The van der Waals surface area contributed by atoms with Crippen molar-refractivity contribution in [1.29, 1.82) is 0 Å². The molecule has 0 saturated heterocycles. The fraction of sp³-hybridized carbons (Fsp3) is 0.0222. The van der Waals surface area contributed by atoms with Gasteiger partial charge < -0.3 is 9.55 Å². The van der Waals surface area contributed by atoms with Crippen LogP contribution in [-0.2, 0) is 0 Å². The second-order valence-corrected chi connectivity index (χ2v) is 14.2. The second kappa shape index (κ2) is 14.9. The quantitative estimate of drug-likeness (QED) is 0.183. The van der Waals surface area contributed by atoms with E-state index in [0.29, 0.717) is 0 Å². The maximum atomic E-state index is 5.29. The molecule has 0 radical (unpaired) electrons. The van der Waals surface area contributed by atoms with E-state index >= 15 is 0 Å². The molecule has 0 amide bonds. The van der Waals surface area contributed by atoms with E-state index in [1.165, 1.54) is 0 Å². The summed E-state index contributed by atoms with van der Waals surface area (Å²) in [6.07, 6.45) is 8.44. The zero-order chi connectivity index (χ0) is 35.4. The highest BCUT2D eigenvalue weighted by atomic mass is 35.6. The highest BCUT2D eigenvalue weighted by molar-refractivity contribution is 6.63. The highest BCUT2D eigenvalue weighted by Gasteiger charge is 2.25. The summed E-state index contributed by atoms with van der Waals surface area (Å²) < 4.78 is 1.66. The van der Waals surface area contributed by atoms with Crippen molar-refractivity contribution in [2.75, 3.05) is 0 Å². The first-order valence-corrected chi connectivity index (χ1v) is 18.1. The maximum absolute atomic E-state index is 5.29. The standard InChI is InChI=1S/C44H30N4.CHCl3/c1-5-13-30(14-6-1)41-39-26-25-36(47-39)28-35-22-21-33(45-35)27-34-23-24-37(46-34)29-40-42(31-15-7-2-8-16-31)43(32-17-9-3-10-18-32)44(41)48(40)38-19-11-4-12-20-38;2-1(3)4/h1-29,45H;1H. The van der Waals surface area contributed by atoms with E-state index in [-0.39, 0.29) is 0 Å². The summed E-state index contributed by atoms with van der Waals surface area (Å²) in [4.78, 5) is 13.9. The number of hydrogen-bond acceptors (Lipinski definition) is 2. The van der Waals surface area contributed by atoms with Crippen LogP contribution in [0, 0.1) is 0 Å². The Hall–Kier alpha value is -5.65. The molecule has 0 spiro atoms. The fourth-order valence-electron chi connectivity index (χ4n) is 6.81. The Balaban J connectivity index is 0.000000922. The molecule has 4 nitrogen and oxygen atoms in total. The molecular formula is C45H31Cl3N4. The molecule has 4 aromatic carbocycles. The SMILES string of the molecule is C1=Cc2cc3c(-c4ccccc4)c(-c4ccccc4)c(c(-c4ccccc4)c4nc(cc5ccc(cc1n2)[nH]5)C=C4)n3-c1ccccc1.ClC(Cl)Cl. The van der Waals surface area contributed by atoms with E-state index in [4.69, 9.17) is 44.8 Å². The Labute approximate surface area is 317 Å². The molecule has 0 fully saturated rings. The summed E-state index contributed by atoms with van der Waals surface area (Å²) in [5.74, 6) is 0. The van der Waals surface area contributed by atoms with Gasteiger partial charge in [0.25, 0.3) is 0 Å². The topological polar surface area (TPSA) is 46.5 Å². The number of nitrogens with one attached hydrogen (secondary N) is 1. The molecule has 7 heteroatoms. The van der Waals surface area contributed by atoms with E-state index in [2.05, 4.69) is 186 Å². The normalized spacial score (nSPS) is 11.8. The maximum Gasteiger partial charge on any atom is 0.180 e. The number of alkyl halides is 3. The Morgan fingerprint density at radius 3 is 1.46 bits per heavy atom. The number of benzene rings is 4. The van der Waals surface area contributed by atoms with Gasteiger partial charge in [-0.25, -0.2) is 9.97 Å². The van der Waals surface area contributed by atoms with E-state index in [1.807, 2.05) is 0 Å². The van der Waals surface area contributed by atoms with Crippen molar-refractivity contribution in [2.45, 2.75) is 4.30 Å². The number of halogens is 3. The van der Waals surface area contributed by atoms with Crippen LogP contribution >= 0.6 is 34.8 Å². The predicted molar refractivity (Wildman–Crippen MR) is 221 cm³/mol. The summed E-state index contributed by atoms with van der Waals surface area (Å²) >= 11 is 14.4. The number of fused-ring (bicyclic) bond motifs is 8. The number of aromatic nitrogens is 4. The van der Waals surface area contributed by atoms with Gasteiger partial charge in [-0.1, -0.05) is 144 Å². The molecule has 52 heavy (non-hydrogen) atoms. The minimum atomic E-state index is -0.750. The van der Waals surface area contributed by atoms with Crippen LogP contribution in [0.25, 0.3) is 85.4 Å². The average molecular weight is 734 g/mol. The lowest BCUT2D eigenvalue weighted by molar-refractivity contribution is 1.17. The Morgan fingerprint density at radius 2 is 0.904 bits per heavy atom. The van der Waals surface area contributed by atoms with Gasteiger partial charge in [0.05, 0.1) is 33.8 Å². The van der Waals surface area contributed by atoms with Crippen LogP contribution in [0.15, 0.2) is 152 Å². The molecule has 0 atom stereocenters. The molecule has 252 valence electrons. The Bertz CT molecular complexity index is 2590. The lowest BCUT2D eigenvalue weighted by Gasteiger charge is -2.13. The molecule has 1 N–H and O–H groups in total. The van der Waals surface area contributed by atoms with E-state index < -0.39 is 4.30 Å². The first kappa shape index (κ1) is 33.5. The van der Waals surface area contributed by atoms with Crippen LogP contribution in [0.1, 0.15) is 22.8 Å². The van der Waals surface area contributed by atoms with Crippen LogP contribution in [-0.4, -0.2) is 23.8 Å². The molecule has 3 aromatic heterocycles. The van der Waals surface area contributed by atoms with Crippen molar-refractivity contribution in [3.05, 3.63) is 174 Å². The third kappa shape index (κ3) is 6.97. The summed E-state index contributed by atoms with van der Waals surface area (Å²) in [6, 6.07) is 53.3. The molecule has 8 bridgehead atoms. The first-order valence-electron chi connectivity index (χ1n) is 16.8. The highest BCUT2D eigenvalue weighted by Crippen LogP contribution is 2.47. The minimum absolute atomic E-state index is 0.750. The first-order chi connectivity index (χ1) is 25.5. The molecule has 5 heterocycles. The zero-order valence-electron chi connectivity index (χ0n) is 27.8. The summed E-state index contributed by atoms with van der Waals surface area (Å²) in [5, 5.41) is 0. The molecule has 0 aliphatic carbocycles. The summed E-state index contributed by atoms with van der Waals surface area (Å²) in [7, 11) is 0. The number of hydrogen-bond donors (Lipinski definition) is 1. The zero-order valence-corrected chi connectivity index (χ0v) is 30.1. The number of H-pyrrole nitrogens is 1. The van der Waals surface area contributed by atoms with E-state index in [9.17, 15) is 0 Å². The number of aromatic amines is 1. The third-order valence-corrected chi connectivity index (χ3v) is 8.87. The predicted octanol–water partition coefficient (Wildman–Crippen LogP) is 13.1. The third-order valence-electron chi connectivity index (χ3n) is 8.87. The fourth-order valence-corrected chi connectivity index (χ4v) is 6.81. The van der Waals surface area contributed by atoms with Crippen LogP contribution in [0.4, 0.5) is 0 Å². The van der Waals surface area contributed by atoms with Crippen molar-refractivity contribution in [3.8, 4) is 39.1 Å². The van der Waals surface area contributed by atoms with Gasteiger partial charge in [0.2, 0.25) is 0 Å². The second-order valence-electron chi connectivity index (χ2n) is 12.2. The molecule has 2 aliphatic rings. The van der Waals surface area contributed by atoms with Crippen molar-refractivity contribution in [1.82, 2.24) is 19.5 Å². The van der Waals surface area contributed by atoms with Crippen molar-refractivity contribution < 1.29 is 0 Å². The Kier molecular flexibility index (Phi) is 9.60. The molecule has 7 aromatic rings. The lowest BCUT2D eigenvalue weighted by atomic mass is 9.93. The van der Waals surface area contributed by atoms with Crippen molar-refractivity contribution in [2.24, 2.45) is 0 Å². The monoisotopic (exact) mass is 732 g/mol. The van der Waals surface area contributed by atoms with E-state index in [1.54, 1.807) is 0 Å². The molecule has 0 unspecified atom stereocenters. The molecule has 9 rings (SSSR count). The van der Waals surface area contributed by atoms with Gasteiger partial charge in [0.1, 0.15) is 0 Å². The average Bonchev–Trinajstić information content (AvgIpc) is 3.98. The van der Waals surface area contributed by atoms with Crippen LogP contribution in [0.3, 0.4) is 0 Å². The molecule has 2 aliphatic heterocycles. The minimum Gasteiger partial charge on any atom is -0.355 e. The number of para-hydroxylation sites is 1. The van der Waals surface area contributed by atoms with Gasteiger partial charge in [-0.2, -0.15) is 0 Å². The van der Waals surface area contributed by atoms with Gasteiger partial charge in [-0.15, -0.1) is 0 Å². The summed E-state index contributed by atoms with van der Waals surface area (Å²) in [5.41, 5.74) is 15.4. The van der Waals surface area contributed by atoms with Crippen molar-refractivity contribution in [3.63, 3.8) is 0 Å².